The first-order chi connectivity index (χ1) is 11.8. The minimum Gasteiger partial charge on any atom is -0.367 e. The maximum Gasteiger partial charge on any atom is 0.272 e. The Bertz CT molecular complexity index is 734. The van der Waals surface area contributed by atoms with Gasteiger partial charge in [0.1, 0.15) is 17.6 Å². The Morgan fingerprint density at radius 2 is 2.04 bits per heavy atom. The van der Waals surface area contributed by atoms with Gasteiger partial charge in [0.25, 0.3) is 11.5 Å². The van der Waals surface area contributed by atoms with Crippen LogP contribution in [0.25, 0.3) is 0 Å². The van der Waals surface area contributed by atoms with Gasteiger partial charge in [-0.3, -0.25) is 14.4 Å². The molecule has 2 N–H and O–H groups in total. The van der Waals surface area contributed by atoms with Crippen molar-refractivity contribution in [2.75, 3.05) is 19.7 Å². The van der Waals surface area contributed by atoms with Crippen LogP contribution in [-0.2, 0) is 9.53 Å². The number of aromatic amines is 1. The molecule has 0 radical (unpaired) electrons. The van der Waals surface area contributed by atoms with E-state index in [-0.39, 0.29) is 34.5 Å². The van der Waals surface area contributed by atoms with Crippen molar-refractivity contribution in [3.05, 3.63) is 27.9 Å². The monoisotopic (exact) mass is 348 g/mol. The molecule has 1 atom stereocenters. The summed E-state index contributed by atoms with van der Waals surface area (Å²) in [5.74, 6) is 0.0939. The first-order valence-electron chi connectivity index (χ1n) is 8.55. The molecule has 2 saturated heterocycles. The van der Waals surface area contributed by atoms with Crippen molar-refractivity contribution in [3.63, 3.8) is 0 Å². The Labute approximate surface area is 146 Å². The van der Waals surface area contributed by atoms with Gasteiger partial charge < -0.3 is 19.9 Å². The first-order valence-corrected chi connectivity index (χ1v) is 8.55. The highest BCUT2D eigenvalue weighted by atomic mass is 16.5. The lowest BCUT2D eigenvalue weighted by Crippen LogP contribution is -2.58. The second kappa shape index (κ2) is 6.59. The summed E-state index contributed by atoms with van der Waals surface area (Å²) in [4.78, 5) is 44.5. The van der Waals surface area contributed by atoms with Crippen LogP contribution in [0.15, 0.2) is 10.9 Å². The molecule has 0 aromatic carbocycles. The lowest BCUT2D eigenvalue weighted by molar-refractivity contribution is -0.184. The zero-order valence-electron chi connectivity index (χ0n) is 14.8. The van der Waals surface area contributed by atoms with Crippen molar-refractivity contribution in [1.29, 1.82) is 0 Å². The summed E-state index contributed by atoms with van der Waals surface area (Å²) in [7, 11) is 0. The summed E-state index contributed by atoms with van der Waals surface area (Å²) in [6.07, 6.45) is 0.954. The van der Waals surface area contributed by atoms with Crippen molar-refractivity contribution in [1.82, 2.24) is 20.2 Å². The summed E-state index contributed by atoms with van der Waals surface area (Å²) < 4.78 is 5.37. The van der Waals surface area contributed by atoms with E-state index in [1.54, 1.807) is 11.8 Å². The van der Waals surface area contributed by atoms with Crippen LogP contribution in [0.2, 0.25) is 0 Å². The molecule has 0 saturated carbocycles. The Hall–Kier alpha value is -2.22. The molecule has 0 aliphatic carbocycles. The number of carbonyl (C=O) groups excluding carboxylic acids is 2. The number of aromatic nitrogens is 2. The van der Waals surface area contributed by atoms with Crippen LogP contribution in [0.3, 0.4) is 0 Å². The molecule has 2 fully saturated rings. The molecule has 1 unspecified atom stereocenters. The van der Waals surface area contributed by atoms with E-state index in [2.05, 4.69) is 15.3 Å². The predicted molar refractivity (Wildman–Crippen MR) is 90.2 cm³/mol. The molecule has 8 nitrogen and oxygen atoms in total. The third kappa shape index (κ3) is 3.73. The van der Waals surface area contributed by atoms with Crippen molar-refractivity contribution >= 4 is 11.8 Å². The molecule has 2 amide bonds. The number of H-pyrrole nitrogens is 1. The van der Waals surface area contributed by atoms with Gasteiger partial charge in [-0.2, -0.15) is 0 Å². The number of nitrogens with one attached hydrogen (secondary N) is 2. The Balaban J connectivity index is 1.54. The Morgan fingerprint density at radius 1 is 1.36 bits per heavy atom. The van der Waals surface area contributed by atoms with E-state index in [0.29, 0.717) is 38.4 Å². The van der Waals surface area contributed by atoms with E-state index >= 15 is 0 Å². The Morgan fingerprint density at radius 3 is 2.56 bits per heavy atom. The number of rotatable bonds is 3. The molecular weight excluding hydrogens is 324 g/mol. The first kappa shape index (κ1) is 17.6. The van der Waals surface area contributed by atoms with Gasteiger partial charge in [-0.25, -0.2) is 4.98 Å². The van der Waals surface area contributed by atoms with Crippen molar-refractivity contribution in [3.8, 4) is 0 Å². The van der Waals surface area contributed by atoms with Crippen LogP contribution in [0.5, 0.6) is 0 Å². The zero-order valence-corrected chi connectivity index (χ0v) is 14.8. The summed E-state index contributed by atoms with van der Waals surface area (Å²) in [6.45, 7) is 7.31. The van der Waals surface area contributed by atoms with Crippen LogP contribution < -0.4 is 10.9 Å². The second-order valence-electron chi connectivity index (χ2n) is 7.47. The van der Waals surface area contributed by atoms with E-state index in [1.807, 2.05) is 13.8 Å². The van der Waals surface area contributed by atoms with E-state index in [4.69, 9.17) is 4.74 Å². The molecule has 0 spiro atoms. The van der Waals surface area contributed by atoms with E-state index < -0.39 is 6.10 Å². The van der Waals surface area contributed by atoms with Crippen molar-refractivity contribution < 1.29 is 14.3 Å². The summed E-state index contributed by atoms with van der Waals surface area (Å²) in [5, 5.41) is 3.02. The molecular formula is C17H24N4O4. The van der Waals surface area contributed by atoms with Gasteiger partial charge in [-0.15, -0.1) is 0 Å². The molecule has 136 valence electrons. The highest BCUT2D eigenvalue weighted by Crippen LogP contribution is 2.33. The van der Waals surface area contributed by atoms with Gasteiger partial charge in [0.05, 0.1) is 6.61 Å². The van der Waals surface area contributed by atoms with Crippen molar-refractivity contribution in [2.45, 2.75) is 45.8 Å². The van der Waals surface area contributed by atoms with Gasteiger partial charge in [0, 0.05) is 30.6 Å². The highest BCUT2D eigenvalue weighted by molar-refractivity contribution is 5.92. The third-order valence-electron chi connectivity index (χ3n) is 4.78. The van der Waals surface area contributed by atoms with Crippen LogP contribution in [0.1, 0.15) is 43.0 Å². The average Bonchev–Trinajstić information content (AvgIpc) is 2.53. The molecule has 2 aliphatic heterocycles. The number of amides is 2. The van der Waals surface area contributed by atoms with Gasteiger partial charge in [-0.05, 0) is 19.8 Å². The number of ether oxygens (including phenoxy) is 1. The van der Waals surface area contributed by atoms with E-state index in [9.17, 15) is 14.4 Å². The number of likely N-dealkylation sites (tertiary alicyclic amines) is 1. The number of hydrogen-bond acceptors (Lipinski definition) is 5. The number of carbonyl (C=O) groups is 2. The van der Waals surface area contributed by atoms with Crippen molar-refractivity contribution in [2.24, 2.45) is 5.41 Å². The average molecular weight is 348 g/mol. The molecule has 3 rings (SSSR count). The third-order valence-corrected chi connectivity index (χ3v) is 4.78. The summed E-state index contributed by atoms with van der Waals surface area (Å²) >= 11 is 0. The lowest BCUT2D eigenvalue weighted by atomic mass is 9.82. The zero-order chi connectivity index (χ0) is 18.2. The standard InChI is InChI=1S/C17H24N4O4/c1-10-18-12(8-13(22)19-10)16(24)21-6-4-11(5-7-21)20-15(23)14-17(2,3)9-25-14/h8,11,14H,4-7,9H2,1-3H3,(H,20,23)(H,18,19,22). The minimum atomic E-state index is -0.393. The molecule has 1 aromatic rings. The smallest absolute Gasteiger partial charge is 0.272 e. The number of nitrogens with zero attached hydrogens (tertiary/aromatic N) is 2. The minimum absolute atomic E-state index is 0.0328. The Kier molecular flexibility index (Phi) is 4.64. The highest BCUT2D eigenvalue weighted by Gasteiger charge is 2.45. The summed E-state index contributed by atoms with van der Waals surface area (Å²) in [5.41, 5.74) is -0.292. The van der Waals surface area contributed by atoms with Crippen LogP contribution >= 0.6 is 0 Å². The molecule has 0 bridgehead atoms. The quantitative estimate of drug-likeness (QED) is 0.813. The van der Waals surface area contributed by atoms with E-state index in [0.717, 1.165) is 0 Å². The summed E-state index contributed by atoms with van der Waals surface area (Å²) in [6, 6.07) is 1.25. The molecule has 8 heteroatoms. The molecule has 1 aromatic heterocycles. The van der Waals surface area contributed by atoms with Gasteiger partial charge in [0.15, 0.2) is 0 Å². The fourth-order valence-corrected chi connectivity index (χ4v) is 3.29. The fourth-order valence-electron chi connectivity index (χ4n) is 3.29. The predicted octanol–water partition coefficient (Wildman–Crippen LogP) is 0.224. The number of hydrogen-bond donors (Lipinski definition) is 2. The fraction of sp³-hybridized carbons (Fsp3) is 0.647. The number of piperidine rings is 1. The maximum atomic E-state index is 12.5. The largest absolute Gasteiger partial charge is 0.367 e. The maximum absolute atomic E-state index is 12.5. The van der Waals surface area contributed by atoms with Gasteiger partial charge >= 0.3 is 0 Å². The molecule has 25 heavy (non-hydrogen) atoms. The SMILES string of the molecule is Cc1nc(C(=O)N2CCC(NC(=O)C3OCC3(C)C)CC2)cc(=O)[nH]1. The second-order valence-corrected chi connectivity index (χ2v) is 7.47. The van der Waals surface area contributed by atoms with Crippen LogP contribution in [-0.4, -0.2) is 58.5 Å². The normalized spacial score (nSPS) is 23.0. The van der Waals surface area contributed by atoms with E-state index in [1.165, 1.54) is 6.07 Å². The topological polar surface area (TPSA) is 104 Å². The van der Waals surface area contributed by atoms with Gasteiger partial charge in [0.2, 0.25) is 5.91 Å². The van der Waals surface area contributed by atoms with Crippen LogP contribution in [0.4, 0.5) is 0 Å². The lowest BCUT2D eigenvalue weighted by Gasteiger charge is -2.43. The molecule has 2 aliphatic rings. The molecule has 3 heterocycles. The van der Waals surface area contributed by atoms with Crippen LogP contribution in [0, 0.1) is 12.3 Å². The number of aryl methyl sites for hydroxylation is 1. The van der Waals surface area contributed by atoms with Gasteiger partial charge in [-0.1, -0.05) is 13.8 Å².